The molecule has 0 N–H and O–H groups in total. The second-order valence-electron chi connectivity index (χ2n) is 6.96. The molecule has 2 atom stereocenters. The maximum atomic E-state index is 6.35. The molecule has 128 valence electrons. The predicted molar refractivity (Wildman–Crippen MR) is 96.4 cm³/mol. The quantitative estimate of drug-likeness (QED) is 0.853. The topological polar surface area (TPSA) is 41.5 Å². The summed E-state index contributed by atoms with van der Waals surface area (Å²) >= 11 is 1.78. The van der Waals surface area contributed by atoms with E-state index in [2.05, 4.69) is 43.6 Å². The summed E-state index contributed by atoms with van der Waals surface area (Å²) in [5.74, 6) is 0.786. The van der Waals surface area contributed by atoms with Crippen molar-refractivity contribution in [2.45, 2.75) is 37.5 Å². The minimum Gasteiger partial charge on any atom is -0.371 e. The first-order valence-electron chi connectivity index (χ1n) is 8.61. The van der Waals surface area contributed by atoms with Crippen molar-refractivity contribution in [3.05, 3.63) is 40.8 Å². The first-order valence-corrected chi connectivity index (χ1v) is 9.56. The lowest BCUT2D eigenvalue weighted by Crippen LogP contribution is -2.48. The second kappa shape index (κ2) is 6.78. The molecule has 2 aromatic heterocycles. The Morgan fingerprint density at radius 1 is 1.42 bits per heavy atom. The van der Waals surface area contributed by atoms with Crippen LogP contribution >= 0.6 is 11.3 Å². The minimum atomic E-state index is 0.00196. The average Bonchev–Trinajstić information content (AvgIpc) is 3.26. The van der Waals surface area contributed by atoms with Crippen LogP contribution in [-0.2, 0) is 11.3 Å². The monoisotopic (exact) mass is 344 g/mol. The van der Waals surface area contributed by atoms with Crippen molar-refractivity contribution in [3.63, 3.8) is 0 Å². The molecule has 0 amide bonds. The zero-order chi connectivity index (χ0) is 16.4. The smallest absolute Gasteiger partial charge is 0.225 e. The van der Waals surface area contributed by atoms with E-state index in [0.717, 1.165) is 38.5 Å². The molecular formula is C18H24N4OS. The van der Waals surface area contributed by atoms with Gasteiger partial charge in [0.1, 0.15) is 0 Å². The number of anilines is 1. The Bertz CT molecular complexity index is 650. The van der Waals surface area contributed by atoms with E-state index in [1.165, 1.54) is 18.5 Å². The van der Waals surface area contributed by atoms with Crippen LogP contribution < -0.4 is 4.90 Å². The Labute approximate surface area is 147 Å². The number of thiophene rings is 1. The Morgan fingerprint density at radius 2 is 2.29 bits per heavy atom. The lowest BCUT2D eigenvalue weighted by atomic mass is 9.88. The van der Waals surface area contributed by atoms with Gasteiger partial charge in [-0.05, 0) is 47.8 Å². The average molecular weight is 344 g/mol. The van der Waals surface area contributed by atoms with Gasteiger partial charge < -0.3 is 9.64 Å². The van der Waals surface area contributed by atoms with Gasteiger partial charge in [0.2, 0.25) is 5.95 Å². The normalized spacial score (nSPS) is 27.6. The predicted octanol–water partition coefficient (Wildman–Crippen LogP) is 2.80. The van der Waals surface area contributed by atoms with Crippen molar-refractivity contribution in [2.24, 2.45) is 0 Å². The zero-order valence-corrected chi connectivity index (χ0v) is 14.9. The van der Waals surface area contributed by atoms with Gasteiger partial charge >= 0.3 is 0 Å². The first-order chi connectivity index (χ1) is 11.7. The number of hydrogen-bond donors (Lipinski definition) is 0. The molecule has 0 saturated carbocycles. The van der Waals surface area contributed by atoms with Gasteiger partial charge in [-0.3, -0.25) is 4.90 Å². The van der Waals surface area contributed by atoms with Crippen molar-refractivity contribution in [2.75, 3.05) is 31.6 Å². The SMILES string of the molecule is CN(c1ncccn1)[C@H]1CO[C@]2(CCCN(Cc3ccsc3)C2)C1. The van der Waals surface area contributed by atoms with Crippen LogP contribution in [0.2, 0.25) is 0 Å². The molecular weight excluding hydrogens is 320 g/mol. The molecule has 2 aliphatic rings. The molecule has 0 aromatic carbocycles. The van der Waals surface area contributed by atoms with Crippen molar-refractivity contribution >= 4 is 17.3 Å². The summed E-state index contributed by atoms with van der Waals surface area (Å²) in [6.07, 6.45) is 7.03. The molecule has 2 aliphatic heterocycles. The van der Waals surface area contributed by atoms with Crippen LogP contribution in [-0.4, -0.2) is 53.3 Å². The van der Waals surface area contributed by atoms with Gasteiger partial charge in [-0.1, -0.05) is 0 Å². The van der Waals surface area contributed by atoms with Gasteiger partial charge in [-0.2, -0.15) is 11.3 Å². The van der Waals surface area contributed by atoms with E-state index in [1.807, 2.05) is 6.07 Å². The van der Waals surface area contributed by atoms with Crippen LogP contribution in [0.1, 0.15) is 24.8 Å². The van der Waals surface area contributed by atoms with Crippen LogP contribution in [0.3, 0.4) is 0 Å². The van der Waals surface area contributed by atoms with Crippen LogP contribution in [0.5, 0.6) is 0 Å². The summed E-state index contributed by atoms with van der Waals surface area (Å²) in [7, 11) is 2.08. The lowest BCUT2D eigenvalue weighted by molar-refractivity contribution is -0.0533. The van der Waals surface area contributed by atoms with Gasteiger partial charge in [-0.15, -0.1) is 0 Å². The first kappa shape index (κ1) is 16.0. The van der Waals surface area contributed by atoms with E-state index in [1.54, 1.807) is 23.7 Å². The van der Waals surface area contributed by atoms with Gasteiger partial charge in [-0.25, -0.2) is 9.97 Å². The molecule has 2 aromatic rings. The van der Waals surface area contributed by atoms with Crippen LogP contribution in [0.25, 0.3) is 0 Å². The molecule has 24 heavy (non-hydrogen) atoms. The zero-order valence-electron chi connectivity index (χ0n) is 14.1. The van der Waals surface area contributed by atoms with E-state index in [4.69, 9.17) is 4.74 Å². The second-order valence-corrected chi connectivity index (χ2v) is 7.74. The third-order valence-corrected chi connectivity index (χ3v) is 5.94. The van der Waals surface area contributed by atoms with Gasteiger partial charge in [0.05, 0.1) is 18.2 Å². The summed E-state index contributed by atoms with van der Waals surface area (Å²) in [6.45, 7) is 4.00. The largest absolute Gasteiger partial charge is 0.371 e. The van der Waals surface area contributed by atoms with E-state index in [-0.39, 0.29) is 5.60 Å². The highest BCUT2D eigenvalue weighted by Crippen LogP contribution is 2.37. The number of piperidine rings is 1. The highest BCUT2D eigenvalue weighted by molar-refractivity contribution is 7.07. The Balaban J connectivity index is 1.41. The van der Waals surface area contributed by atoms with Crippen LogP contribution in [0.15, 0.2) is 35.3 Å². The highest BCUT2D eigenvalue weighted by Gasteiger charge is 2.44. The summed E-state index contributed by atoms with van der Waals surface area (Å²) in [5.41, 5.74) is 1.42. The maximum absolute atomic E-state index is 6.35. The summed E-state index contributed by atoms with van der Waals surface area (Å²) in [5, 5.41) is 4.41. The molecule has 0 bridgehead atoms. The summed E-state index contributed by atoms with van der Waals surface area (Å²) in [4.78, 5) is 13.5. The van der Waals surface area contributed by atoms with Crippen LogP contribution in [0.4, 0.5) is 5.95 Å². The number of ether oxygens (including phenoxy) is 1. The van der Waals surface area contributed by atoms with E-state index in [9.17, 15) is 0 Å². The highest BCUT2D eigenvalue weighted by atomic mass is 32.1. The van der Waals surface area contributed by atoms with E-state index < -0.39 is 0 Å². The number of nitrogens with zero attached hydrogens (tertiary/aromatic N) is 4. The van der Waals surface area contributed by atoms with Gasteiger partial charge in [0, 0.05) is 39.0 Å². The maximum Gasteiger partial charge on any atom is 0.225 e. The van der Waals surface area contributed by atoms with Gasteiger partial charge in [0.15, 0.2) is 0 Å². The summed E-state index contributed by atoms with van der Waals surface area (Å²) in [6, 6.07) is 4.44. The van der Waals surface area contributed by atoms with Crippen molar-refractivity contribution in [1.29, 1.82) is 0 Å². The molecule has 2 saturated heterocycles. The standard InChI is InChI=1S/C18H24N4OS/c1-21(17-19-6-3-7-20-17)16-10-18(23-12-16)5-2-8-22(14-18)11-15-4-9-24-13-15/h3-4,6-7,9,13,16H,2,5,8,10-12,14H2,1H3/t16-,18-/m1/s1. The van der Waals surface area contributed by atoms with E-state index in [0.29, 0.717) is 6.04 Å². The fourth-order valence-electron chi connectivity index (χ4n) is 3.96. The molecule has 5 nitrogen and oxygen atoms in total. The number of aromatic nitrogens is 2. The Kier molecular flexibility index (Phi) is 4.52. The third-order valence-electron chi connectivity index (χ3n) is 5.21. The molecule has 6 heteroatoms. The van der Waals surface area contributed by atoms with Crippen LogP contribution in [0, 0.1) is 0 Å². The third kappa shape index (κ3) is 3.31. The van der Waals surface area contributed by atoms with Crippen molar-refractivity contribution in [1.82, 2.24) is 14.9 Å². The number of hydrogen-bond acceptors (Lipinski definition) is 6. The Hall–Kier alpha value is -1.50. The van der Waals surface area contributed by atoms with Gasteiger partial charge in [0.25, 0.3) is 0 Å². The fourth-order valence-corrected chi connectivity index (χ4v) is 4.62. The number of likely N-dealkylation sites (N-methyl/N-ethyl adjacent to an activating group) is 1. The summed E-state index contributed by atoms with van der Waals surface area (Å²) < 4.78 is 6.35. The molecule has 0 radical (unpaired) electrons. The molecule has 1 spiro atoms. The molecule has 0 aliphatic carbocycles. The molecule has 0 unspecified atom stereocenters. The molecule has 2 fully saturated rings. The number of rotatable bonds is 4. The van der Waals surface area contributed by atoms with E-state index >= 15 is 0 Å². The Morgan fingerprint density at radius 3 is 3.08 bits per heavy atom. The molecule has 4 heterocycles. The number of likely N-dealkylation sites (tertiary alicyclic amines) is 1. The lowest BCUT2D eigenvalue weighted by Gasteiger charge is -2.40. The fraction of sp³-hybridized carbons (Fsp3) is 0.556. The van der Waals surface area contributed by atoms with Crippen molar-refractivity contribution < 1.29 is 4.74 Å². The minimum absolute atomic E-state index is 0.00196. The molecule has 4 rings (SSSR count). The van der Waals surface area contributed by atoms with Crippen molar-refractivity contribution in [3.8, 4) is 0 Å².